The van der Waals surface area contributed by atoms with Crippen LogP contribution in [-0.4, -0.2) is 11.1 Å². The SMILES string of the molecule is CC(NCc1cccc(C(=O)O)c1)c1ccc(F)cc1. The molecule has 2 aromatic rings. The first-order chi connectivity index (χ1) is 9.56. The molecule has 2 aromatic carbocycles. The van der Waals surface area contributed by atoms with Crippen molar-refractivity contribution >= 4 is 5.97 Å². The Hall–Kier alpha value is -2.20. The minimum atomic E-state index is -0.932. The molecular formula is C16H16FNO2. The smallest absolute Gasteiger partial charge is 0.335 e. The first-order valence-electron chi connectivity index (χ1n) is 6.37. The number of hydrogen-bond donors (Lipinski definition) is 2. The molecule has 4 heteroatoms. The first kappa shape index (κ1) is 14.2. The maximum absolute atomic E-state index is 12.8. The molecule has 0 fully saturated rings. The molecule has 0 spiro atoms. The van der Waals surface area contributed by atoms with Gasteiger partial charge in [0.25, 0.3) is 0 Å². The topological polar surface area (TPSA) is 49.3 Å². The fourth-order valence-electron chi connectivity index (χ4n) is 1.95. The van der Waals surface area contributed by atoms with Crippen LogP contribution in [0.4, 0.5) is 4.39 Å². The summed E-state index contributed by atoms with van der Waals surface area (Å²) >= 11 is 0. The molecule has 0 saturated heterocycles. The molecule has 0 aliphatic carbocycles. The van der Waals surface area contributed by atoms with Crippen LogP contribution in [0.15, 0.2) is 48.5 Å². The van der Waals surface area contributed by atoms with Gasteiger partial charge in [-0.25, -0.2) is 9.18 Å². The average Bonchev–Trinajstić information content (AvgIpc) is 2.46. The Morgan fingerprint density at radius 1 is 1.25 bits per heavy atom. The lowest BCUT2D eigenvalue weighted by molar-refractivity contribution is 0.0696. The second kappa shape index (κ2) is 6.30. The van der Waals surface area contributed by atoms with Crippen LogP contribution in [0.5, 0.6) is 0 Å². The van der Waals surface area contributed by atoms with E-state index in [0.717, 1.165) is 11.1 Å². The van der Waals surface area contributed by atoms with E-state index < -0.39 is 5.97 Å². The minimum Gasteiger partial charge on any atom is -0.478 e. The van der Waals surface area contributed by atoms with Crippen molar-refractivity contribution in [1.82, 2.24) is 5.32 Å². The molecule has 0 aromatic heterocycles. The van der Waals surface area contributed by atoms with E-state index in [0.29, 0.717) is 6.54 Å². The molecule has 0 radical (unpaired) electrons. The Kier molecular flexibility index (Phi) is 4.48. The highest BCUT2D eigenvalue weighted by atomic mass is 19.1. The maximum Gasteiger partial charge on any atom is 0.335 e. The third-order valence-corrected chi connectivity index (χ3v) is 3.16. The summed E-state index contributed by atoms with van der Waals surface area (Å²) in [5.74, 6) is -1.19. The summed E-state index contributed by atoms with van der Waals surface area (Å²) in [7, 11) is 0. The van der Waals surface area contributed by atoms with Crippen molar-refractivity contribution in [2.45, 2.75) is 19.5 Å². The van der Waals surface area contributed by atoms with Gasteiger partial charge in [0.15, 0.2) is 0 Å². The Bertz CT molecular complexity index is 596. The monoisotopic (exact) mass is 273 g/mol. The zero-order chi connectivity index (χ0) is 14.5. The number of benzene rings is 2. The Morgan fingerprint density at radius 3 is 2.60 bits per heavy atom. The summed E-state index contributed by atoms with van der Waals surface area (Å²) in [4.78, 5) is 10.9. The Morgan fingerprint density at radius 2 is 1.95 bits per heavy atom. The van der Waals surface area contributed by atoms with E-state index >= 15 is 0 Å². The molecule has 0 heterocycles. The van der Waals surface area contributed by atoms with E-state index in [1.807, 2.05) is 13.0 Å². The van der Waals surface area contributed by atoms with Crippen LogP contribution >= 0.6 is 0 Å². The number of carboxylic acids is 1. The van der Waals surface area contributed by atoms with Crippen LogP contribution in [0.1, 0.15) is 34.5 Å². The molecule has 1 atom stereocenters. The zero-order valence-electron chi connectivity index (χ0n) is 11.1. The second-order valence-corrected chi connectivity index (χ2v) is 4.66. The molecule has 3 nitrogen and oxygen atoms in total. The van der Waals surface area contributed by atoms with E-state index in [9.17, 15) is 9.18 Å². The number of halogens is 1. The van der Waals surface area contributed by atoms with E-state index in [1.165, 1.54) is 12.1 Å². The molecule has 1 unspecified atom stereocenters. The van der Waals surface area contributed by atoms with Crippen molar-refractivity contribution in [2.24, 2.45) is 0 Å². The summed E-state index contributed by atoms with van der Waals surface area (Å²) in [5, 5.41) is 12.2. The third kappa shape index (κ3) is 3.65. The molecule has 104 valence electrons. The van der Waals surface area contributed by atoms with Gasteiger partial charge >= 0.3 is 5.97 Å². The molecule has 0 aliphatic heterocycles. The predicted octanol–water partition coefficient (Wildman–Crippen LogP) is 3.37. The summed E-state index contributed by atoms with van der Waals surface area (Å²) in [6.07, 6.45) is 0. The van der Waals surface area contributed by atoms with Gasteiger partial charge in [0.1, 0.15) is 5.82 Å². The third-order valence-electron chi connectivity index (χ3n) is 3.16. The Balaban J connectivity index is 1.99. The van der Waals surface area contributed by atoms with Gasteiger partial charge in [-0.2, -0.15) is 0 Å². The van der Waals surface area contributed by atoms with Crippen LogP contribution in [0.3, 0.4) is 0 Å². The highest BCUT2D eigenvalue weighted by Crippen LogP contribution is 2.14. The van der Waals surface area contributed by atoms with Gasteiger partial charge in [-0.05, 0) is 42.3 Å². The Labute approximate surface area is 117 Å². The minimum absolute atomic E-state index is 0.0593. The van der Waals surface area contributed by atoms with Crippen molar-refractivity contribution in [3.05, 3.63) is 71.0 Å². The molecular weight excluding hydrogens is 257 g/mol. The number of rotatable bonds is 5. The van der Waals surface area contributed by atoms with Gasteiger partial charge in [0, 0.05) is 12.6 Å². The lowest BCUT2D eigenvalue weighted by atomic mass is 10.1. The van der Waals surface area contributed by atoms with Crippen LogP contribution in [0.2, 0.25) is 0 Å². The fraction of sp³-hybridized carbons (Fsp3) is 0.188. The van der Waals surface area contributed by atoms with Gasteiger partial charge in [-0.1, -0.05) is 24.3 Å². The highest BCUT2D eigenvalue weighted by molar-refractivity contribution is 5.87. The lowest BCUT2D eigenvalue weighted by Gasteiger charge is -2.14. The maximum atomic E-state index is 12.8. The lowest BCUT2D eigenvalue weighted by Crippen LogP contribution is -2.18. The number of hydrogen-bond acceptors (Lipinski definition) is 2. The molecule has 0 aliphatic rings. The number of nitrogens with one attached hydrogen (secondary N) is 1. The summed E-state index contributed by atoms with van der Waals surface area (Å²) in [5.41, 5.74) is 2.17. The molecule has 0 saturated carbocycles. The van der Waals surface area contributed by atoms with Crippen LogP contribution in [-0.2, 0) is 6.54 Å². The summed E-state index contributed by atoms with van der Waals surface area (Å²) in [6, 6.07) is 13.2. The van der Waals surface area contributed by atoms with E-state index in [-0.39, 0.29) is 17.4 Å². The van der Waals surface area contributed by atoms with Crippen molar-refractivity contribution in [3.8, 4) is 0 Å². The molecule has 2 rings (SSSR count). The van der Waals surface area contributed by atoms with E-state index in [1.54, 1.807) is 30.3 Å². The van der Waals surface area contributed by atoms with Crippen LogP contribution in [0, 0.1) is 5.82 Å². The van der Waals surface area contributed by atoms with Gasteiger partial charge in [-0.15, -0.1) is 0 Å². The molecule has 0 amide bonds. The number of carbonyl (C=O) groups is 1. The first-order valence-corrected chi connectivity index (χ1v) is 6.37. The zero-order valence-corrected chi connectivity index (χ0v) is 11.1. The van der Waals surface area contributed by atoms with Crippen LogP contribution < -0.4 is 5.32 Å². The number of aromatic carboxylic acids is 1. The van der Waals surface area contributed by atoms with E-state index in [4.69, 9.17) is 5.11 Å². The quantitative estimate of drug-likeness (QED) is 0.878. The van der Waals surface area contributed by atoms with Gasteiger partial charge < -0.3 is 10.4 Å². The molecule has 2 N–H and O–H groups in total. The van der Waals surface area contributed by atoms with Crippen molar-refractivity contribution in [3.63, 3.8) is 0 Å². The predicted molar refractivity (Wildman–Crippen MR) is 75.1 cm³/mol. The van der Waals surface area contributed by atoms with E-state index in [2.05, 4.69) is 5.32 Å². The van der Waals surface area contributed by atoms with Crippen LogP contribution in [0.25, 0.3) is 0 Å². The highest BCUT2D eigenvalue weighted by Gasteiger charge is 2.07. The second-order valence-electron chi connectivity index (χ2n) is 4.66. The van der Waals surface area contributed by atoms with Crippen molar-refractivity contribution < 1.29 is 14.3 Å². The van der Waals surface area contributed by atoms with Gasteiger partial charge in [0.2, 0.25) is 0 Å². The van der Waals surface area contributed by atoms with Crippen molar-refractivity contribution in [2.75, 3.05) is 0 Å². The van der Waals surface area contributed by atoms with Crippen molar-refractivity contribution in [1.29, 1.82) is 0 Å². The summed E-state index contributed by atoms with van der Waals surface area (Å²) < 4.78 is 12.8. The summed E-state index contributed by atoms with van der Waals surface area (Å²) in [6.45, 7) is 2.54. The molecule has 0 bridgehead atoms. The standard InChI is InChI=1S/C16H16FNO2/c1-11(13-5-7-15(17)8-6-13)18-10-12-3-2-4-14(9-12)16(19)20/h2-9,11,18H,10H2,1H3,(H,19,20). The van der Waals surface area contributed by atoms with Gasteiger partial charge in [-0.3, -0.25) is 0 Å². The average molecular weight is 273 g/mol. The largest absolute Gasteiger partial charge is 0.478 e. The van der Waals surface area contributed by atoms with Gasteiger partial charge in [0.05, 0.1) is 5.56 Å². The fourth-order valence-corrected chi connectivity index (χ4v) is 1.95. The molecule has 20 heavy (non-hydrogen) atoms. The number of carboxylic acid groups (broad SMARTS) is 1. The normalized spacial score (nSPS) is 12.1.